The fourth-order valence-electron chi connectivity index (χ4n) is 8.99. The van der Waals surface area contributed by atoms with Gasteiger partial charge in [-0.3, -0.25) is 0 Å². The molecule has 1 aliphatic carbocycles. The third-order valence-corrected chi connectivity index (χ3v) is 13.0. The maximum Gasteiger partial charge on any atom is 0.160 e. The van der Waals surface area contributed by atoms with E-state index in [0.717, 1.165) is 44.8 Å². The van der Waals surface area contributed by atoms with E-state index >= 15 is 0 Å². The smallest absolute Gasteiger partial charge is 0.160 e. The SMILES string of the molecule is c1ccc(-c2cc(-c3cc(-c4ccc(-c5ccc6c7c(cccc57)-c5ccccc5-6)cc4)cc(-c4ccc5sc6ccccc6c5c4)c3)nc(-c3ccccc3)n2)cc1. The first-order chi connectivity index (χ1) is 29.2. The molecule has 0 saturated heterocycles. The summed E-state index contributed by atoms with van der Waals surface area (Å²) in [6.45, 7) is 0. The monoisotopic (exact) mass is 766 g/mol. The quantitative estimate of drug-likeness (QED) is 0.168. The molecule has 59 heavy (non-hydrogen) atoms. The summed E-state index contributed by atoms with van der Waals surface area (Å²) < 4.78 is 2.60. The maximum absolute atomic E-state index is 5.26. The number of fused-ring (bicyclic) bond motifs is 6. The van der Waals surface area contributed by atoms with Crippen LogP contribution in [0, 0.1) is 0 Å². The van der Waals surface area contributed by atoms with Crippen LogP contribution in [0.1, 0.15) is 0 Å². The van der Waals surface area contributed by atoms with Gasteiger partial charge in [0.1, 0.15) is 0 Å². The lowest BCUT2D eigenvalue weighted by Crippen LogP contribution is -1.96. The summed E-state index contributed by atoms with van der Waals surface area (Å²) in [4.78, 5) is 10.4. The van der Waals surface area contributed by atoms with Gasteiger partial charge < -0.3 is 0 Å². The molecule has 0 atom stereocenters. The van der Waals surface area contributed by atoms with Crippen LogP contribution in [0.2, 0.25) is 0 Å². The van der Waals surface area contributed by atoms with Crippen molar-refractivity contribution in [2.45, 2.75) is 0 Å². The molecule has 0 saturated carbocycles. The first-order valence-electron chi connectivity index (χ1n) is 20.1. The first-order valence-corrected chi connectivity index (χ1v) is 20.9. The van der Waals surface area contributed by atoms with Gasteiger partial charge in [0.15, 0.2) is 5.82 Å². The minimum absolute atomic E-state index is 0.706. The molecule has 0 radical (unpaired) electrons. The molecule has 1 aliphatic rings. The molecule has 0 aliphatic heterocycles. The summed E-state index contributed by atoms with van der Waals surface area (Å²) in [5.41, 5.74) is 17.2. The zero-order valence-electron chi connectivity index (χ0n) is 31.9. The molecule has 3 heteroatoms. The van der Waals surface area contributed by atoms with Crippen LogP contribution in [0.4, 0.5) is 0 Å². The van der Waals surface area contributed by atoms with E-state index in [1.807, 2.05) is 35.6 Å². The molecule has 0 spiro atoms. The van der Waals surface area contributed by atoms with Crippen LogP contribution in [0.25, 0.3) is 120 Å². The van der Waals surface area contributed by atoms with Crippen molar-refractivity contribution < 1.29 is 0 Å². The Bertz CT molecular complexity index is 3330. The van der Waals surface area contributed by atoms with E-state index in [2.05, 4.69) is 182 Å². The fraction of sp³-hybridized carbons (Fsp3) is 0. The second-order valence-electron chi connectivity index (χ2n) is 15.3. The number of rotatable bonds is 6. The molecule has 2 aromatic heterocycles. The van der Waals surface area contributed by atoms with Gasteiger partial charge in [-0.2, -0.15) is 0 Å². The molecule has 0 unspecified atom stereocenters. The molecule has 2 heterocycles. The summed E-state index contributed by atoms with van der Waals surface area (Å²) in [7, 11) is 0. The van der Waals surface area contributed by atoms with Crippen molar-refractivity contribution in [2.75, 3.05) is 0 Å². The molecule has 0 bridgehead atoms. The predicted molar refractivity (Wildman–Crippen MR) is 249 cm³/mol. The number of nitrogens with zero attached hydrogens (tertiary/aromatic N) is 2. The van der Waals surface area contributed by atoms with Crippen LogP contribution in [-0.4, -0.2) is 9.97 Å². The Morgan fingerprint density at radius 2 is 0.814 bits per heavy atom. The van der Waals surface area contributed by atoms with Crippen molar-refractivity contribution in [3.8, 4) is 89.5 Å². The van der Waals surface area contributed by atoms with E-state index in [9.17, 15) is 0 Å². The van der Waals surface area contributed by atoms with E-state index in [0.29, 0.717) is 5.82 Å². The third-order valence-electron chi connectivity index (χ3n) is 11.8. The Morgan fingerprint density at radius 1 is 0.271 bits per heavy atom. The van der Waals surface area contributed by atoms with Crippen molar-refractivity contribution in [3.05, 3.63) is 206 Å². The van der Waals surface area contributed by atoms with Gasteiger partial charge in [0.2, 0.25) is 0 Å². The molecule has 0 amide bonds. The Labute approximate surface area is 346 Å². The lowest BCUT2D eigenvalue weighted by molar-refractivity contribution is 1.18. The second kappa shape index (κ2) is 13.6. The van der Waals surface area contributed by atoms with Crippen LogP contribution in [0.5, 0.6) is 0 Å². The van der Waals surface area contributed by atoms with Gasteiger partial charge in [0.25, 0.3) is 0 Å². The molecule has 274 valence electrons. The molecular weight excluding hydrogens is 733 g/mol. The lowest BCUT2D eigenvalue weighted by Gasteiger charge is -2.14. The van der Waals surface area contributed by atoms with Crippen LogP contribution < -0.4 is 0 Å². The molecule has 0 N–H and O–H groups in total. The van der Waals surface area contributed by atoms with E-state index < -0.39 is 0 Å². The maximum atomic E-state index is 5.26. The highest BCUT2D eigenvalue weighted by Crippen LogP contribution is 2.49. The average Bonchev–Trinajstić information content (AvgIpc) is 3.86. The highest BCUT2D eigenvalue weighted by Gasteiger charge is 2.22. The normalized spacial score (nSPS) is 11.7. The standard InChI is InChI=1S/C56H34N2S/c1-3-12-37(13-4-1)51-34-52(58-56(57-51)38-14-5-2-6-15-38)42-31-40(30-41(32-42)39-26-29-54-50(33-39)46-18-9-10-21-53(46)59-54)35-22-24-36(25-23-35)43-27-28-49-45-17-8-7-16-44(45)48-20-11-19-47(43)55(48)49/h1-34H. The van der Waals surface area contributed by atoms with Crippen molar-refractivity contribution >= 4 is 42.3 Å². The summed E-state index contributed by atoms with van der Waals surface area (Å²) in [6.07, 6.45) is 0. The van der Waals surface area contributed by atoms with E-state index in [-0.39, 0.29) is 0 Å². The Balaban J connectivity index is 1.02. The molecular formula is C56H34N2S. The Kier molecular flexibility index (Phi) is 7.75. The van der Waals surface area contributed by atoms with Gasteiger partial charge in [-0.25, -0.2) is 9.97 Å². The van der Waals surface area contributed by atoms with Crippen molar-refractivity contribution in [1.82, 2.24) is 9.97 Å². The summed E-state index contributed by atoms with van der Waals surface area (Å²) in [5.74, 6) is 0.706. The van der Waals surface area contributed by atoms with Crippen LogP contribution >= 0.6 is 11.3 Å². The minimum Gasteiger partial charge on any atom is -0.228 e. The van der Waals surface area contributed by atoms with E-state index in [1.165, 1.54) is 69.9 Å². The van der Waals surface area contributed by atoms with E-state index in [1.54, 1.807) is 0 Å². The van der Waals surface area contributed by atoms with Crippen molar-refractivity contribution in [3.63, 3.8) is 0 Å². The highest BCUT2D eigenvalue weighted by atomic mass is 32.1. The van der Waals surface area contributed by atoms with Gasteiger partial charge in [-0.1, -0.05) is 164 Å². The summed E-state index contributed by atoms with van der Waals surface area (Å²) in [6, 6.07) is 74.6. The molecule has 9 aromatic carbocycles. The minimum atomic E-state index is 0.706. The van der Waals surface area contributed by atoms with Gasteiger partial charge >= 0.3 is 0 Å². The molecule has 12 rings (SSSR count). The zero-order valence-corrected chi connectivity index (χ0v) is 32.7. The number of aromatic nitrogens is 2. The first kappa shape index (κ1) is 33.7. The number of benzene rings is 9. The van der Waals surface area contributed by atoms with Gasteiger partial charge in [-0.15, -0.1) is 11.3 Å². The second-order valence-corrected chi connectivity index (χ2v) is 16.4. The zero-order chi connectivity index (χ0) is 38.9. The number of hydrogen-bond acceptors (Lipinski definition) is 3. The number of thiophene rings is 1. The fourth-order valence-corrected chi connectivity index (χ4v) is 10.1. The molecule has 0 fully saturated rings. The highest BCUT2D eigenvalue weighted by molar-refractivity contribution is 7.25. The Morgan fingerprint density at radius 3 is 1.59 bits per heavy atom. The van der Waals surface area contributed by atoms with Crippen LogP contribution in [-0.2, 0) is 0 Å². The van der Waals surface area contributed by atoms with Gasteiger partial charge in [-0.05, 0) is 109 Å². The Hall–Kier alpha value is -7.46. The van der Waals surface area contributed by atoms with Gasteiger partial charge in [0, 0.05) is 36.9 Å². The largest absolute Gasteiger partial charge is 0.228 e. The molecule has 2 nitrogen and oxygen atoms in total. The number of hydrogen-bond donors (Lipinski definition) is 0. The predicted octanol–water partition coefficient (Wildman–Crippen LogP) is 15.6. The third kappa shape index (κ3) is 5.70. The topological polar surface area (TPSA) is 25.8 Å². The summed E-state index contributed by atoms with van der Waals surface area (Å²) >= 11 is 1.85. The van der Waals surface area contributed by atoms with Crippen molar-refractivity contribution in [1.29, 1.82) is 0 Å². The van der Waals surface area contributed by atoms with E-state index in [4.69, 9.17) is 9.97 Å². The van der Waals surface area contributed by atoms with Crippen LogP contribution in [0.15, 0.2) is 206 Å². The van der Waals surface area contributed by atoms with Crippen LogP contribution in [0.3, 0.4) is 0 Å². The van der Waals surface area contributed by atoms with Crippen molar-refractivity contribution in [2.24, 2.45) is 0 Å². The van der Waals surface area contributed by atoms with Gasteiger partial charge in [0.05, 0.1) is 11.4 Å². The average molecular weight is 767 g/mol. The molecule has 11 aromatic rings. The lowest BCUT2D eigenvalue weighted by atomic mass is 9.91. The summed E-state index contributed by atoms with van der Waals surface area (Å²) in [5, 5.41) is 5.21.